The molecule has 4 heteroatoms. The van der Waals surface area contributed by atoms with Crippen LogP contribution in [-0.2, 0) is 0 Å². The number of nitrogens with one attached hydrogen (secondary N) is 1. The van der Waals surface area contributed by atoms with Crippen molar-refractivity contribution in [1.82, 2.24) is 9.88 Å². The molecule has 3 nitrogen and oxygen atoms in total. The second kappa shape index (κ2) is 6.44. The second-order valence-electron chi connectivity index (χ2n) is 5.26. The zero-order valence-corrected chi connectivity index (χ0v) is 12.9. The van der Waals surface area contributed by atoms with Crippen molar-refractivity contribution in [2.75, 3.05) is 27.2 Å². The number of aromatic amines is 1. The number of hydrogen-bond acceptors (Lipinski definition) is 2. The quantitative estimate of drug-likeness (QED) is 0.846. The summed E-state index contributed by atoms with van der Waals surface area (Å²) in [5.41, 5.74) is 3.79. The molecular formula is C16H21ClN2O. The van der Waals surface area contributed by atoms with Crippen LogP contribution in [0, 0.1) is 5.92 Å². The Kier molecular flexibility index (Phi) is 4.86. The number of aliphatic hydroxyl groups excluding tert-OH is 1. The second-order valence-corrected chi connectivity index (χ2v) is 5.70. The van der Waals surface area contributed by atoms with Gasteiger partial charge in [0.1, 0.15) is 0 Å². The summed E-state index contributed by atoms with van der Waals surface area (Å²) in [5, 5.41) is 8.98. The van der Waals surface area contributed by atoms with Crippen LogP contribution in [0.15, 0.2) is 30.5 Å². The Morgan fingerprint density at radius 2 is 2.10 bits per heavy atom. The zero-order valence-electron chi connectivity index (χ0n) is 12.2. The maximum atomic E-state index is 7.00. The Hall–Kier alpha value is -1.29. The van der Waals surface area contributed by atoms with Gasteiger partial charge in [0.2, 0.25) is 0 Å². The number of rotatable bonds is 1. The van der Waals surface area contributed by atoms with E-state index in [1.807, 2.05) is 12.3 Å². The molecule has 2 aromatic rings. The Labute approximate surface area is 124 Å². The van der Waals surface area contributed by atoms with Gasteiger partial charge in [0.15, 0.2) is 0 Å². The normalized spacial score (nSPS) is 19.4. The highest BCUT2D eigenvalue weighted by atomic mass is 35.5. The first kappa shape index (κ1) is 15.1. The zero-order chi connectivity index (χ0) is 14.7. The molecule has 1 aromatic carbocycles. The van der Waals surface area contributed by atoms with Gasteiger partial charge < -0.3 is 15.0 Å². The summed E-state index contributed by atoms with van der Waals surface area (Å²) in [4.78, 5) is 5.68. The summed E-state index contributed by atoms with van der Waals surface area (Å²) in [5.74, 6) is 0.586. The van der Waals surface area contributed by atoms with Crippen molar-refractivity contribution in [2.24, 2.45) is 5.92 Å². The van der Waals surface area contributed by atoms with E-state index in [2.05, 4.69) is 42.1 Å². The summed E-state index contributed by atoms with van der Waals surface area (Å²) >= 11 is 6.22. The van der Waals surface area contributed by atoms with Crippen LogP contribution in [0.4, 0.5) is 0 Å². The highest BCUT2D eigenvalue weighted by molar-refractivity contribution is 6.31. The number of fused-ring (bicyclic) bond motifs is 1. The summed E-state index contributed by atoms with van der Waals surface area (Å²) in [6, 6.07) is 6.15. The number of nitrogens with zero attached hydrogens (tertiary/aromatic N) is 1. The maximum absolute atomic E-state index is 7.00. The molecule has 1 aliphatic rings. The van der Waals surface area contributed by atoms with Gasteiger partial charge in [-0.05, 0) is 36.7 Å². The lowest BCUT2D eigenvalue weighted by atomic mass is 9.95. The lowest BCUT2D eigenvalue weighted by molar-refractivity contribution is 0.330. The van der Waals surface area contributed by atoms with E-state index in [-0.39, 0.29) is 0 Å². The van der Waals surface area contributed by atoms with Crippen LogP contribution in [0.3, 0.4) is 0 Å². The number of H-pyrrole nitrogens is 1. The van der Waals surface area contributed by atoms with Crippen LogP contribution < -0.4 is 0 Å². The van der Waals surface area contributed by atoms with E-state index in [1.54, 1.807) is 0 Å². The molecule has 0 saturated carbocycles. The van der Waals surface area contributed by atoms with E-state index < -0.39 is 0 Å². The van der Waals surface area contributed by atoms with Crippen LogP contribution in [0.25, 0.3) is 16.5 Å². The predicted octanol–water partition coefficient (Wildman–Crippen LogP) is 3.39. The van der Waals surface area contributed by atoms with E-state index in [1.165, 1.54) is 22.0 Å². The Bertz CT molecular complexity index is 618. The molecule has 20 heavy (non-hydrogen) atoms. The minimum absolute atomic E-state index is 0.586. The minimum Gasteiger partial charge on any atom is -0.400 e. The smallest absolute Gasteiger partial charge is 0.0531 e. The summed E-state index contributed by atoms with van der Waals surface area (Å²) in [7, 11) is 3.17. The fraction of sp³-hybridized carbons (Fsp3) is 0.375. The van der Waals surface area contributed by atoms with Crippen LogP contribution >= 0.6 is 11.6 Å². The van der Waals surface area contributed by atoms with Gasteiger partial charge >= 0.3 is 0 Å². The topological polar surface area (TPSA) is 39.3 Å². The third-order valence-electron chi connectivity index (χ3n) is 3.50. The Balaban J connectivity index is 0.000000704. The number of aliphatic hydroxyl groups is 1. The first-order valence-corrected chi connectivity index (χ1v) is 7.12. The van der Waals surface area contributed by atoms with Crippen LogP contribution in [-0.4, -0.2) is 42.2 Å². The third kappa shape index (κ3) is 3.06. The molecule has 1 atom stereocenters. The van der Waals surface area contributed by atoms with Crippen molar-refractivity contribution in [1.29, 1.82) is 0 Å². The van der Waals surface area contributed by atoms with Crippen molar-refractivity contribution in [3.05, 3.63) is 41.1 Å². The van der Waals surface area contributed by atoms with E-state index in [9.17, 15) is 0 Å². The van der Waals surface area contributed by atoms with E-state index >= 15 is 0 Å². The summed E-state index contributed by atoms with van der Waals surface area (Å²) in [6.07, 6.45) is 4.34. The standard InChI is InChI=1S/C15H17ClN2.CH4O/c1-10-5-12(9-18(2)8-10)14-7-13(16)6-11-3-4-17-15(11)14;1-2/h3-7,10,17H,8-9H2,1-2H3;2H,1H3/t10-;/m0./s1. The predicted molar refractivity (Wildman–Crippen MR) is 86.1 cm³/mol. The lowest BCUT2D eigenvalue weighted by Crippen LogP contribution is -2.29. The molecule has 0 aliphatic carbocycles. The molecule has 108 valence electrons. The molecule has 2 heterocycles. The molecule has 1 aliphatic heterocycles. The molecule has 0 fully saturated rings. The van der Waals surface area contributed by atoms with Crippen molar-refractivity contribution in [3.8, 4) is 0 Å². The molecule has 1 aromatic heterocycles. The lowest BCUT2D eigenvalue weighted by Gasteiger charge is -2.27. The molecule has 0 spiro atoms. The average Bonchev–Trinajstić information content (AvgIpc) is 2.87. The largest absolute Gasteiger partial charge is 0.400 e. The first-order chi connectivity index (χ1) is 9.63. The third-order valence-corrected chi connectivity index (χ3v) is 3.71. The molecule has 0 saturated heterocycles. The fourth-order valence-electron chi connectivity index (χ4n) is 2.86. The fourth-order valence-corrected chi connectivity index (χ4v) is 3.09. The van der Waals surface area contributed by atoms with E-state index in [0.717, 1.165) is 25.2 Å². The number of halogens is 1. The molecule has 0 amide bonds. The van der Waals surface area contributed by atoms with Gasteiger partial charge in [0.25, 0.3) is 0 Å². The molecule has 3 rings (SSSR count). The SMILES string of the molecule is CO.C[C@H]1C=C(c2cc(Cl)cc3cc[nH]c23)CN(C)C1. The van der Waals surface area contributed by atoms with Gasteiger partial charge in [-0.1, -0.05) is 24.6 Å². The van der Waals surface area contributed by atoms with Crippen molar-refractivity contribution in [2.45, 2.75) is 6.92 Å². The van der Waals surface area contributed by atoms with Gasteiger partial charge in [0.05, 0.1) is 5.52 Å². The van der Waals surface area contributed by atoms with Crippen molar-refractivity contribution in [3.63, 3.8) is 0 Å². The van der Waals surface area contributed by atoms with Crippen LogP contribution in [0.2, 0.25) is 5.02 Å². The van der Waals surface area contributed by atoms with Crippen LogP contribution in [0.5, 0.6) is 0 Å². The minimum atomic E-state index is 0.586. The molecule has 0 radical (unpaired) electrons. The van der Waals surface area contributed by atoms with Gasteiger partial charge in [-0.15, -0.1) is 0 Å². The average molecular weight is 293 g/mol. The summed E-state index contributed by atoms with van der Waals surface area (Å²) < 4.78 is 0. The molecule has 0 unspecified atom stereocenters. The molecular weight excluding hydrogens is 272 g/mol. The van der Waals surface area contributed by atoms with E-state index in [0.29, 0.717) is 5.92 Å². The first-order valence-electron chi connectivity index (χ1n) is 6.74. The van der Waals surface area contributed by atoms with E-state index in [4.69, 9.17) is 16.7 Å². The Morgan fingerprint density at radius 3 is 2.80 bits per heavy atom. The number of benzene rings is 1. The molecule has 2 N–H and O–H groups in total. The van der Waals surface area contributed by atoms with Gasteiger partial charge in [-0.25, -0.2) is 0 Å². The highest BCUT2D eigenvalue weighted by Gasteiger charge is 2.17. The van der Waals surface area contributed by atoms with Crippen molar-refractivity contribution < 1.29 is 5.11 Å². The Morgan fingerprint density at radius 1 is 1.35 bits per heavy atom. The van der Waals surface area contributed by atoms with Crippen molar-refractivity contribution >= 4 is 28.1 Å². The van der Waals surface area contributed by atoms with Gasteiger partial charge in [-0.2, -0.15) is 0 Å². The van der Waals surface area contributed by atoms with Crippen LogP contribution in [0.1, 0.15) is 12.5 Å². The maximum Gasteiger partial charge on any atom is 0.0531 e. The highest BCUT2D eigenvalue weighted by Crippen LogP contribution is 2.31. The number of aromatic nitrogens is 1. The monoisotopic (exact) mass is 292 g/mol. The van der Waals surface area contributed by atoms with Gasteiger partial charge in [-0.3, -0.25) is 0 Å². The summed E-state index contributed by atoms with van der Waals surface area (Å²) in [6.45, 7) is 4.36. The van der Waals surface area contributed by atoms with Gasteiger partial charge in [0, 0.05) is 42.4 Å². The number of likely N-dealkylation sites (N-methyl/N-ethyl adjacent to an activating group) is 1. The molecule has 0 bridgehead atoms. The number of hydrogen-bond donors (Lipinski definition) is 2.